The second-order valence-corrected chi connectivity index (χ2v) is 8.41. The van der Waals surface area contributed by atoms with Crippen LogP contribution in [0.2, 0.25) is 0 Å². The molecule has 0 bridgehead atoms. The highest BCUT2D eigenvalue weighted by atomic mass is 32.2. The topological polar surface area (TPSA) is 80.1 Å². The van der Waals surface area contributed by atoms with Crippen LogP contribution in [0.15, 0.2) is 59.8 Å². The molecule has 1 aliphatic heterocycles. The first-order valence-corrected chi connectivity index (χ1v) is 10.8. The van der Waals surface area contributed by atoms with E-state index in [0.717, 1.165) is 11.4 Å². The Morgan fingerprint density at radius 3 is 2.50 bits per heavy atom. The van der Waals surface area contributed by atoms with Gasteiger partial charge in [-0.3, -0.25) is 14.5 Å². The van der Waals surface area contributed by atoms with Gasteiger partial charge in [0.15, 0.2) is 11.0 Å². The Hall–Kier alpha value is -3.13. The van der Waals surface area contributed by atoms with Crippen molar-refractivity contribution in [2.75, 3.05) is 16.0 Å². The van der Waals surface area contributed by atoms with Gasteiger partial charge in [-0.05, 0) is 32.9 Å². The number of amides is 2. The lowest BCUT2D eigenvalue weighted by Gasteiger charge is -2.42. The molecule has 0 radical (unpaired) electrons. The molecule has 2 amide bonds. The number of nitrogens with zero attached hydrogens (tertiary/aromatic N) is 4. The molecule has 2 aromatic carbocycles. The summed E-state index contributed by atoms with van der Waals surface area (Å²) in [5.74, 6) is 0.566. The Morgan fingerprint density at radius 2 is 1.77 bits per heavy atom. The summed E-state index contributed by atoms with van der Waals surface area (Å²) >= 11 is 1.33. The van der Waals surface area contributed by atoms with Gasteiger partial charge >= 0.3 is 0 Å². The van der Waals surface area contributed by atoms with E-state index < -0.39 is 5.54 Å². The number of thioether (sulfide) groups is 1. The molecule has 8 heteroatoms. The van der Waals surface area contributed by atoms with E-state index in [2.05, 4.69) is 15.5 Å². The zero-order valence-electron chi connectivity index (χ0n) is 17.1. The monoisotopic (exact) mass is 421 g/mol. The first kappa shape index (κ1) is 20.2. The molecule has 0 fully saturated rings. The highest BCUT2D eigenvalue weighted by Crippen LogP contribution is 2.37. The van der Waals surface area contributed by atoms with Crippen LogP contribution in [-0.2, 0) is 16.1 Å². The van der Waals surface area contributed by atoms with Crippen molar-refractivity contribution < 1.29 is 9.59 Å². The molecule has 4 rings (SSSR count). The predicted molar refractivity (Wildman–Crippen MR) is 118 cm³/mol. The third-order valence-corrected chi connectivity index (χ3v) is 6.10. The maximum atomic E-state index is 13.2. The van der Waals surface area contributed by atoms with Gasteiger partial charge in [0.1, 0.15) is 5.54 Å². The van der Waals surface area contributed by atoms with E-state index in [1.807, 2.05) is 60.0 Å². The van der Waals surface area contributed by atoms with E-state index in [-0.39, 0.29) is 17.6 Å². The zero-order chi connectivity index (χ0) is 21.3. The number of aromatic nitrogens is 3. The third-order valence-electron chi connectivity index (χ3n) is 5.15. The second-order valence-electron chi connectivity index (χ2n) is 7.46. The standard InChI is InChI=1S/C22H23N5O2S/c1-4-26-19(15-10-6-5-7-11-15)24-25-21(26)30-14-18(28)27-17-13-9-8-12-16(17)23-20(29)22(27,2)3/h5-13H,4,14H2,1-3H3,(H,23,29). The zero-order valence-corrected chi connectivity index (χ0v) is 17.9. The van der Waals surface area contributed by atoms with E-state index >= 15 is 0 Å². The van der Waals surface area contributed by atoms with Crippen LogP contribution in [0.25, 0.3) is 11.4 Å². The van der Waals surface area contributed by atoms with Crippen LogP contribution in [0.5, 0.6) is 0 Å². The quantitative estimate of drug-likeness (QED) is 0.634. The van der Waals surface area contributed by atoms with Crippen molar-refractivity contribution in [1.29, 1.82) is 0 Å². The first-order chi connectivity index (χ1) is 14.4. The molecule has 1 N–H and O–H groups in total. The molecule has 0 saturated carbocycles. The van der Waals surface area contributed by atoms with Crippen LogP contribution < -0.4 is 10.2 Å². The van der Waals surface area contributed by atoms with Crippen molar-refractivity contribution >= 4 is 35.0 Å². The van der Waals surface area contributed by atoms with Gasteiger partial charge in [0, 0.05) is 12.1 Å². The minimum absolute atomic E-state index is 0.151. The van der Waals surface area contributed by atoms with Gasteiger partial charge in [-0.15, -0.1) is 10.2 Å². The van der Waals surface area contributed by atoms with Crippen molar-refractivity contribution in [1.82, 2.24) is 14.8 Å². The fourth-order valence-electron chi connectivity index (χ4n) is 3.57. The van der Waals surface area contributed by atoms with Crippen molar-refractivity contribution in [3.05, 3.63) is 54.6 Å². The van der Waals surface area contributed by atoms with Gasteiger partial charge in [0.2, 0.25) is 11.8 Å². The van der Waals surface area contributed by atoms with Crippen LogP contribution in [0.1, 0.15) is 20.8 Å². The lowest BCUT2D eigenvalue weighted by molar-refractivity contribution is -0.125. The molecular formula is C22H23N5O2S. The Labute approximate surface area is 179 Å². The predicted octanol–water partition coefficient (Wildman–Crippen LogP) is 3.82. The van der Waals surface area contributed by atoms with Crippen molar-refractivity contribution in [3.8, 4) is 11.4 Å². The molecule has 30 heavy (non-hydrogen) atoms. The molecule has 154 valence electrons. The number of hydrogen-bond donors (Lipinski definition) is 1. The highest BCUT2D eigenvalue weighted by molar-refractivity contribution is 7.99. The van der Waals surface area contributed by atoms with Crippen molar-refractivity contribution in [2.24, 2.45) is 0 Å². The summed E-state index contributed by atoms with van der Waals surface area (Å²) in [6, 6.07) is 17.2. The molecule has 1 aromatic heterocycles. The van der Waals surface area contributed by atoms with Crippen LogP contribution in [0, 0.1) is 0 Å². The Balaban J connectivity index is 1.58. The summed E-state index contributed by atoms with van der Waals surface area (Å²) < 4.78 is 2.00. The highest BCUT2D eigenvalue weighted by Gasteiger charge is 2.43. The van der Waals surface area contributed by atoms with E-state index in [9.17, 15) is 9.59 Å². The molecular weight excluding hydrogens is 398 g/mol. The molecule has 7 nitrogen and oxygen atoms in total. The fourth-order valence-corrected chi connectivity index (χ4v) is 4.42. The van der Waals surface area contributed by atoms with Crippen LogP contribution in [-0.4, -0.2) is 37.9 Å². The fraction of sp³-hybridized carbons (Fsp3) is 0.273. The number of fused-ring (bicyclic) bond motifs is 1. The Kier molecular flexibility index (Phi) is 5.34. The minimum Gasteiger partial charge on any atom is -0.322 e. The number of anilines is 2. The van der Waals surface area contributed by atoms with Gasteiger partial charge in [0.05, 0.1) is 17.1 Å². The Bertz CT molecular complexity index is 1090. The summed E-state index contributed by atoms with van der Waals surface area (Å²) in [6.07, 6.45) is 0. The number of carbonyl (C=O) groups is 2. The summed E-state index contributed by atoms with van der Waals surface area (Å²) in [6.45, 7) is 6.22. The van der Waals surface area contributed by atoms with Crippen LogP contribution in [0.4, 0.5) is 11.4 Å². The smallest absolute Gasteiger partial charge is 0.250 e. The average Bonchev–Trinajstić information content (AvgIpc) is 3.16. The molecule has 0 unspecified atom stereocenters. The number of hydrogen-bond acceptors (Lipinski definition) is 5. The average molecular weight is 422 g/mol. The van der Waals surface area contributed by atoms with Crippen LogP contribution >= 0.6 is 11.8 Å². The van der Waals surface area contributed by atoms with Gasteiger partial charge in [-0.1, -0.05) is 54.2 Å². The lowest BCUT2D eigenvalue weighted by atomic mass is 9.96. The van der Waals surface area contributed by atoms with E-state index in [0.29, 0.717) is 23.1 Å². The third kappa shape index (κ3) is 3.47. The van der Waals surface area contributed by atoms with Crippen molar-refractivity contribution in [3.63, 3.8) is 0 Å². The summed E-state index contributed by atoms with van der Waals surface area (Å²) in [5, 5.41) is 12.2. The van der Waals surface area contributed by atoms with Gasteiger partial charge in [0.25, 0.3) is 0 Å². The number of rotatable bonds is 5. The lowest BCUT2D eigenvalue weighted by Crippen LogP contribution is -2.59. The van der Waals surface area contributed by atoms with Gasteiger partial charge in [-0.25, -0.2) is 0 Å². The Morgan fingerprint density at radius 1 is 1.07 bits per heavy atom. The van der Waals surface area contributed by atoms with E-state index in [4.69, 9.17) is 0 Å². The van der Waals surface area contributed by atoms with Gasteiger partial charge < -0.3 is 9.88 Å². The maximum Gasteiger partial charge on any atom is 0.250 e. The number of carbonyl (C=O) groups excluding carboxylic acids is 2. The number of nitrogens with one attached hydrogen (secondary N) is 1. The molecule has 0 atom stereocenters. The number of para-hydroxylation sites is 2. The van der Waals surface area contributed by atoms with Gasteiger partial charge in [-0.2, -0.15) is 0 Å². The molecule has 2 heterocycles. The summed E-state index contributed by atoms with van der Waals surface area (Å²) in [7, 11) is 0. The van der Waals surface area contributed by atoms with Crippen molar-refractivity contribution in [2.45, 2.75) is 38.0 Å². The van der Waals surface area contributed by atoms with E-state index in [1.54, 1.807) is 24.8 Å². The first-order valence-electron chi connectivity index (χ1n) is 9.78. The second kappa shape index (κ2) is 7.95. The maximum absolute atomic E-state index is 13.2. The minimum atomic E-state index is -0.986. The number of benzene rings is 2. The van der Waals surface area contributed by atoms with Crippen LogP contribution in [0.3, 0.4) is 0 Å². The summed E-state index contributed by atoms with van der Waals surface area (Å²) in [5.41, 5.74) is 1.34. The molecule has 0 spiro atoms. The molecule has 3 aromatic rings. The molecule has 0 saturated heterocycles. The summed E-state index contributed by atoms with van der Waals surface area (Å²) in [4.78, 5) is 27.4. The molecule has 1 aliphatic rings. The normalized spacial score (nSPS) is 14.9. The SMILES string of the molecule is CCn1c(SCC(=O)N2c3ccccc3NC(=O)C2(C)C)nnc1-c1ccccc1. The largest absolute Gasteiger partial charge is 0.322 e. The molecule has 0 aliphatic carbocycles. The van der Waals surface area contributed by atoms with E-state index in [1.165, 1.54) is 11.8 Å².